The molecule has 0 saturated carbocycles. The lowest BCUT2D eigenvalue weighted by Gasteiger charge is -2.21. The van der Waals surface area contributed by atoms with E-state index < -0.39 is 0 Å². The third-order valence-corrected chi connectivity index (χ3v) is 4.49. The Bertz CT molecular complexity index is 943. The molecule has 8 heteroatoms. The van der Waals surface area contributed by atoms with E-state index in [9.17, 15) is 9.59 Å². The number of hydrogen-bond donors (Lipinski definition) is 1. The van der Waals surface area contributed by atoms with Crippen LogP contribution in [0.15, 0.2) is 50.2 Å². The van der Waals surface area contributed by atoms with Gasteiger partial charge in [-0.3, -0.25) is 9.59 Å². The van der Waals surface area contributed by atoms with Crippen molar-refractivity contribution in [3.05, 3.63) is 58.4 Å². The second kappa shape index (κ2) is 6.99. The summed E-state index contributed by atoms with van der Waals surface area (Å²) in [5, 5.41) is 6.27. The lowest BCUT2D eigenvalue weighted by Crippen LogP contribution is -2.30. The zero-order chi connectivity index (χ0) is 17.9. The van der Waals surface area contributed by atoms with Crippen LogP contribution in [0.1, 0.15) is 37.0 Å². The molecule has 0 spiro atoms. The van der Waals surface area contributed by atoms with E-state index in [4.69, 9.17) is 9.05 Å². The van der Waals surface area contributed by atoms with E-state index in [2.05, 4.69) is 15.3 Å². The number of aromatic nitrogens is 3. The number of nitrogens with one attached hydrogen (secondary N) is 1. The molecule has 8 nitrogen and oxygen atoms in total. The molecule has 0 bridgehead atoms. The maximum atomic E-state index is 12.6. The van der Waals surface area contributed by atoms with Crippen LogP contribution in [0.2, 0.25) is 0 Å². The van der Waals surface area contributed by atoms with Crippen LogP contribution < -0.4 is 5.56 Å². The molecule has 4 rings (SSSR count). The number of H-pyrrole nitrogens is 1. The monoisotopic (exact) mass is 354 g/mol. The number of aromatic amines is 1. The summed E-state index contributed by atoms with van der Waals surface area (Å²) < 4.78 is 10.4. The van der Waals surface area contributed by atoms with Gasteiger partial charge >= 0.3 is 0 Å². The molecule has 1 N–H and O–H groups in total. The SMILES string of the molecule is O=C(CCc1cc(=O)[nH]o1)N1CCCC1c1nc(-c2ccccc2)no1. The Labute approximate surface area is 148 Å². The molecule has 26 heavy (non-hydrogen) atoms. The smallest absolute Gasteiger partial charge is 0.280 e. The van der Waals surface area contributed by atoms with Crippen LogP contribution in [0.4, 0.5) is 0 Å². The topological polar surface area (TPSA) is 105 Å². The summed E-state index contributed by atoms with van der Waals surface area (Å²) in [5.74, 6) is 1.44. The van der Waals surface area contributed by atoms with Crippen molar-refractivity contribution in [2.45, 2.75) is 31.7 Å². The summed E-state index contributed by atoms with van der Waals surface area (Å²) in [6, 6.07) is 10.7. The van der Waals surface area contributed by atoms with Crippen molar-refractivity contribution in [3.63, 3.8) is 0 Å². The van der Waals surface area contributed by atoms with Gasteiger partial charge in [0.05, 0.1) is 0 Å². The first-order valence-corrected chi connectivity index (χ1v) is 8.56. The molecule has 1 aliphatic rings. The lowest BCUT2D eigenvalue weighted by atomic mass is 10.2. The van der Waals surface area contributed by atoms with Crippen molar-refractivity contribution in [2.24, 2.45) is 0 Å². The lowest BCUT2D eigenvalue weighted by molar-refractivity contribution is -0.132. The highest BCUT2D eigenvalue weighted by molar-refractivity contribution is 5.77. The molecule has 1 unspecified atom stereocenters. The number of nitrogens with zero attached hydrogens (tertiary/aromatic N) is 3. The Morgan fingerprint density at radius 2 is 2.15 bits per heavy atom. The molecule has 134 valence electrons. The molecule has 0 radical (unpaired) electrons. The van der Waals surface area contributed by atoms with Crippen LogP contribution in [0.3, 0.4) is 0 Å². The standard InChI is InChI=1S/C18H18N4O4/c23-15-11-13(25-20-15)8-9-16(24)22-10-4-7-14(22)18-19-17(21-26-18)12-5-2-1-3-6-12/h1-3,5-6,11,14H,4,7-10H2,(H,20,23). The zero-order valence-corrected chi connectivity index (χ0v) is 14.1. The summed E-state index contributed by atoms with van der Waals surface area (Å²) in [5.41, 5.74) is 0.576. The Kier molecular flexibility index (Phi) is 4.39. The largest absolute Gasteiger partial charge is 0.384 e. The summed E-state index contributed by atoms with van der Waals surface area (Å²) in [6.07, 6.45) is 2.32. The Balaban J connectivity index is 1.45. The average molecular weight is 354 g/mol. The van der Waals surface area contributed by atoms with Crippen molar-refractivity contribution in [1.82, 2.24) is 20.2 Å². The van der Waals surface area contributed by atoms with Crippen LogP contribution in [0.5, 0.6) is 0 Å². The molecule has 1 atom stereocenters. The normalized spacial score (nSPS) is 16.9. The van der Waals surface area contributed by atoms with Crippen molar-refractivity contribution in [3.8, 4) is 11.4 Å². The molecule has 1 amide bonds. The minimum atomic E-state index is -0.300. The number of aryl methyl sites for hydroxylation is 1. The molecule has 1 aromatic carbocycles. The number of rotatable bonds is 5. The van der Waals surface area contributed by atoms with Crippen molar-refractivity contribution in [1.29, 1.82) is 0 Å². The summed E-state index contributed by atoms with van der Waals surface area (Å²) >= 11 is 0. The first-order chi connectivity index (χ1) is 12.7. The first kappa shape index (κ1) is 16.3. The van der Waals surface area contributed by atoms with E-state index in [1.807, 2.05) is 30.3 Å². The van der Waals surface area contributed by atoms with Crippen LogP contribution in [-0.4, -0.2) is 32.6 Å². The third kappa shape index (κ3) is 3.30. The van der Waals surface area contributed by atoms with E-state index in [1.165, 1.54) is 6.07 Å². The van der Waals surface area contributed by atoms with Crippen LogP contribution in [-0.2, 0) is 11.2 Å². The molecule has 1 aliphatic heterocycles. The third-order valence-electron chi connectivity index (χ3n) is 4.49. The van der Waals surface area contributed by atoms with Gasteiger partial charge in [-0.05, 0) is 12.8 Å². The quantitative estimate of drug-likeness (QED) is 0.754. The van der Waals surface area contributed by atoms with Gasteiger partial charge in [0.15, 0.2) is 0 Å². The van der Waals surface area contributed by atoms with E-state index in [0.717, 1.165) is 18.4 Å². The highest BCUT2D eigenvalue weighted by Gasteiger charge is 2.33. The summed E-state index contributed by atoms with van der Waals surface area (Å²) in [6.45, 7) is 0.656. The summed E-state index contributed by atoms with van der Waals surface area (Å²) in [4.78, 5) is 29.9. The van der Waals surface area contributed by atoms with Gasteiger partial charge < -0.3 is 13.9 Å². The first-order valence-electron chi connectivity index (χ1n) is 8.56. The predicted molar refractivity (Wildman–Crippen MR) is 91.1 cm³/mol. The van der Waals surface area contributed by atoms with Crippen molar-refractivity contribution < 1.29 is 13.8 Å². The van der Waals surface area contributed by atoms with E-state index in [-0.39, 0.29) is 23.9 Å². The fourth-order valence-corrected chi connectivity index (χ4v) is 3.21. The van der Waals surface area contributed by atoms with E-state index >= 15 is 0 Å². The van der Waals surface area contributed by atoms with Gasteiger partial charge in [0.25, 0.3) is 5.56 Å². The van der Waals surface area contributed by atoms with Gasteiger partial charge in [-0.15, -0.1) is 0 Å². The van der Waals surface area contributed by atoms with E-state index in [0.29, 0.717) is 30.4 Å². The van der Waals surface area contributed by atoms with E-state index in [1.54, 1.807) is 4.90 Å². The molecule has 1 saturated heterocycles. The fraction of sp³-hybridized carbons (Fsp3) is 0.333. The number of likely N-dealkylation sites (tertiary alicyclic amines) is 1. The van der Waals surface area contributed by atoms with Gasteiger partial charge in [0.1, 0.15) is 11.8 Å². The number of benzene rings is 1. The van der Waals surface area contributed by atoms with Gasteiger partial charge in [-0.2, -0.15) is 10.1 Å². The maximum Gasteiger partial charge on any atom is 0.280 e. The second-order valence-corrected chi connectivity index (χ2v) is 6.25. The number of amides is 1. The number of carbonyl (C=O) groups excluding carboxylic acids is 1. The molecule has 1 fully saturated rings. The fourth-order valence-electron chi connectivity index (χ4n) is 3.21. The van der Waals surface area contributed by atoms with Crippen LogP contribution in [0.25, 0.3) is 11.4 Å². The molecule has 2 aromatic heterocycles. The van der Waals surface area contributed by atoms with Crippen molar-refractivity contribution >= 4 is 5.91 Å². The zero-order valence-electron chi connectivity index (χ0n) is 14.1. The average Bonchev–Trinajstić information content (AvgIpc) is 3.40. The minimum Gasteiger partial charge on any atom is -0.384 e. The second-order valence-electron chi connectivity index (χ2n) is 6.25. The predicted octanol–water partition coefficient (Wildman–Crippen LogP) is 2.31. The molecular weight excluding hydrogens is 336 g/mol. The molecular formula is C18H18N4O4. The number of carbonyl (C=O) groups is 1. The van der Waals surface area contributed by atoms with Crippen LogP contribution in [0, 0.1) is 0 Å². The summed E-state index contributed by atoms with van der Waals surface area (Å²) in [7, 11) is 0. The Hall–Kier alpha value is -3.16. The highest BCUT2D eigenvalue weighted by atomic mass is 16.5. The molecule has 3 heterocycles. The maximum absolute atomic E-state index is 12.6. The Morgan fingerprint density at radius 3 is 2.92 bits per heavy atom. The van der Waals surface area contributed by atoms with Gasteiger partial charge in [-0.1, -0.05) is 35.5 Å². The van der Waals surface area contributed by atoms with Gasteiger partial charge in [0, 0.05) is 31.0 Å². The molecule has 3 aromatic rings. The van der Waals surface area contributed by atoms with Crippen LogP contribution >= 0.6 is 0 Å². The highest BCUT2D eigenvalue weighted by Crippen LogP contribution is 2.32. The van der Waals surface area contributed by atoms with Crippen molar-refractivity contribution in [2.75, 3.05) is 6.54 Å². The van der Waals surface area contributed by atoms with Gasteiger partial charge in [0.2, 0.25) is 17.6 Å². The Morgan fingerprint density at radius 1 is 1.31 bits per heavy atom. The number of hydrogen-bond acceptors (Lipinski definition) is 6. The molecule has 0 aliphatic carbocycles. The minimum absolute atomic E-state index is 0.0178. The van der Waals surface area contributed by atoms with Gasteiger partial charge in [-0.25, -0.2) is 0 Å².